The van der Waals surface area contributed by atoms with E-state index < -0.39 is 0 Å². The summed E-state index contributed by atoms with van der Waals surface area (Å²) in [6.45, 7) is 0. The minimum Gasteiger partial charge on any atom is -0.399 e. The molecule has 0 spiro atoms. The van der Waals surface area contributed by atoms with E-state index in [1.54, 1.807) is 35.7 Å². The van der Waals surface area contributed by atoms with E-state index in [1.807, 2.05) is 0 Å². The lowest BCUT2D eigenvalue weighted by Gasteiger charge is -2.04. The molecule has 1 aromatic heterocycles. The molecule has 0 radical (unpaired) electrons. The number of nitrogens with two attached hydrogens (primary N) is 1. The van der Waals surface area contributed by atoms with Crippen LogP contribution in [0, 0.1) is 0 Å². The highest BCUT2D eigenvalue weighted by Gasteiger charge is 2.11. The predicted octanol–water partition coefficient (Wildman–Crippen LogP) is 3.24. The zero-order valence-electron chi connectivity index (χ0n) is 8.24. The van der Waals surface area contributed by atoms with E-state index >= 15 is 0 Å². The van der Waals surface area contributed by atoms with Gasteiger partial charge >= 0.3 is 0 Å². The van der Waals surface area contributed by atoms with Gasteiger partial charge in [0.05, 0.1) is 5.02 Å². The molecule has 2 rings (SSSR count). The Balaban J connectivity index is 2.17. The van der Waals surface area contributed by atoms with Gasteiger partial charge in [0.15, 0.2) is 0 Å². The van der Waals surface area contributed by atoms with E-state index in [2.05, 4.69) is 5.32 Å². The Hall–Kier alpha value is -1.52. The lowest BCUT2D eigenvalue weighted by Crippen LogP contribution is -2.10. The van der Waals surface area contributed by atoms with Gasteiger partial charge in [-0.2, -0.15) is 0 Å². The molecule has 0 saturated carbocycles. The molecule has 1 amide bonds. The number of rotatable bonds is 2. The van der Waals surface area contributed by atoms with Crippen LogP contribution in [0.3, 0.4) is 0 Å². The van der Waals surface area contributed by atoms with Gasteiger partial charge in [-0.05, 0) is 29.6 Å². The topological polar surface area (TPSA) is 55.1 Å². The molecule has 0 saturated heterocycles. The first-order valence-corrected chi connectivity index (χ1v) is 5.82. The van der Waals surface area contributed by atoms with Crippen molar-refractivity contribution in [3.63, 3.8) is 0 Å². The molecule has 3 nitrogen and oxygen atoms in total. The van der Waals surface area contributed by atoms with E-state index in [0.29, 0.717) is 21.3 Å². The van der Waals surface area contributed by atoms with Crippen molar-refractivity contribution in [3.8, 4) is 0 Å². The van der Waals surface area contributed by atoms with Crippen LogP contribution >= 0.6 is 22.9 Å². The molecule has 82 valence electrons. The third-order valence-electron chi connectivity index (χ3n) is 1.97. The molecule has 1 aromatic carbocycles. The van der Waals surface area contributed by atoms with Gasteiger partial charge in [-0.1, -0.05) is 17.7 Å². The average molecular weight is 253 g/mol. The van der Waals surface area contributed by atoms with E-state index in [0.717, 1.165) is 0 Å². The van der Waals surface area contributed by atoms with Crippen LogP contribution in [-0.2, 0) is 0 Å². The first-order chi connectivity index (χ1) is 7.66. The Labute approximate surface area is 102 Å². The molecule has 0 atom stereocenters. The predicted molar refractivity (Wildman–Crippen MR) is 68.1 cm³/mol. The zero-order valence-corrected chi connectivity index (χ0v) is 9.81. The fraction of sp³-hybridized carbons (Fsp3) is 0. The van der Waals surface area contributed by atoms with Crippen LogP contribution in [0.1, 0.15) is 9.67 Å². The van der Waals surface area contributed by atoms with Gasteiger partial charge in [0.1, 0.15) is 4.88 Å². The van der Waals surface area contributed by atoms with Crippen molar-refractivity contribution in [2.45, 2.75) is 0 Å². The van der Waals surface area contributed by atoms with E-state index in [9.17, 15) is 4.79 Å². The second-order valence-corrected chi connectivity index (χ2v) is 4.50. The Morgan fingerprint density at radius 3 is 2.81 bits per heavy atom. The third-order valence-corrected chi connectivity index (χ3v) is 3.31. The molecule has 0 unspecified atom stereocenters. The molecule has 0 bridgehead atoms. The molecule has 0 aliphatic heterocycles. The van der Waals surface area contributed by atoms with Gasteiger partial charge in [0, 0.05) is 11.4 Å². The molecule has 3 N–H and O–H groups in total. The monoisotopic (exact) mass is 252 g/mol. The average Bonchev–Trinajstić information content (AvgIpc) is 2.64. The van der Waals surface area contributed by atoms with Crippen LogP contribution in [0.2, 0.25) is 5.02 Å². The van der Waals surface area contributed by atoms with Gasteiger partial charge in [-0.25, -0.2) is 0 Å². The Bertz CT molecular complexity index is 524. The van der Waals surface area contributed by atoms with Crippen LogP contribution < -0.4 is 11.1 Å². The van der Waals surface area contributed by atoms with Gasteiger partial charge < -0.3 is 11.1 Å². The summed E-state index contributed by atoms with van der Waals surface area (Å²) in [5.74, 6) is -0.217. The summed E-state index contributed by atoms with van der Waals surface area (Å²) in [4.78, 5) is 12.3. The maximum absolute atomic E-state index is 11.8. The molecule has 0 aliphatic carbocycles. The molecule has 1 heterocycles. The second-order valence-electron chi connectivity index (χ2n) is 3.18. The summed E-state index contributed by atoms with van der Waals surface area (Å²) in [7, 11) is 0. The van der Waals surface area contributed by atoms with E-state index in [-0.39, 0.29) is 5.91 Å². The van der Waals surface area contributed by atoms with Crippen molar-refractivity contribution in [2.24, 2.45) is 0 Å². The minimum atomic E-state index is -0.217. The number of halogens is 1. The normalized spacial score (nSPS) is 10.1. The molecule has 0 fully saturated rings. The number of benzene rings is 1. The van der Waals surface area contributed by atoms with Gasteiger partial charge in [-0.15, -0.1) is 11.3 Å². The Kier molecular flexibility index (Phi) is 3.12. The van der Waals surface area contributed by atoms with Crippen LogP contribution in [0.4, 0.5) is 11.4 Å². The van der Waals surface area contributed by atoms with Crippen molar-refractivity contribution < 1.29 is 4.79 Å². The van der Waals surface area contributed by atoms with Crippen molar-refractivity contribution in [1.82, 2.24) is 0 Å². The molecular weight excluding hydrogens is 244 g/mol. The highest BCUT2D eigenvalue weighted by molar-refractivity contribution is 7.12. The second kappa shape index (κ2) is 4.55. The number of nitrogen functional groups attached to an aromatic ring is 1. The van der Waals surface area contributed by atoms with Gasteiger partial charge in [-0.3, -0.25) is 4.79 Å². The highest BCUT2D eigenvalue weighted by Crippen LogP contribution is 2.23. The van der Waals surface area contributed by atoms with Crippen molar-refractivity contribution in [3.05, 3.63) is 45.6 Å². The summed E-state index contributed by atoms with van der Waals surface area (Å²) in [6, 6.07) is 8.70. The quantitative estimate of drug-likeness (QED) is 0.807. The summed E-state index contributed by atoms with van der Waals surface area (Å²) in [5, 5.41) is 4.97. The number of thiophene rings is 1. The van der Waals surface area contributed by atoms with Crippen LogP contribution in [0.15, 0.2) is 35.7 Å². The highest BCUT2D eigenvalue weighted by atomic mass is 35.5. The summed E-state index contributed by atoms with van der Waals surface area (Å²) >= 11 is 7.16. The van der Waals surface area contributed by atoms with Crippen molar-refractivity contribution in [2.75, 3.05) is 11.1 Å². The number of nitrogens with one attached hydrogen (secondary N) is 1. The first-order valence-electron chi connectivity index (χ1n) is 4.56. The number of anilines is 2. The van der Waals surface area contributed by atoms with Crippen LogP contribution in [0.25, 0.3) is 0 Å². The molecule has 5 heteroatoms. The van der Waals surface area contributed by atoms with Gasteiger partial charge in [0.2, 0.25) is 0 Å². The Morgan fingerprint density at radius 2 is 2.19 bits per heavy atom. The standard InChI is InChI=1S/C11H9ClN2OS/c12-9-4-5-16-10(9)11(15)14-8-3-1-2-7(13)6-8/h1-6H,13H2,(H,14,15). The molecule has 2 aromatic rings. The number of carbonyl (C=O) groups is 1. The number of hydrogen-bond donors (Lipinski definition) is 2. The largest absolute Gasteiger partial charge is 0.399 e. The zero-order chi connectivity index (χ0) is 11.5. The molecule has 0 aliphatic rings. The van der Waals surface area contributed by atoms with Crippen molar-refractivity contribution in [1.29, 1.82) is 0 Å². The summed E-state index contributed by atoms with van der Waals surface area (Å²) in [5.41, 5.74) is 6.88. The van der Waals surface area contributed by atoms with Gasteiger partial charge in [0.25, 0.3) is 5.91 Å². The summed E-state index contributed by atoms with van der Waals surface area (Å²) in [6.07, 6.45) is 0. The lowest BCUT2D eigenvalue weighted by atomic mass is 10.3. The molecular formula is C11H9ClN2OS. The number of carbonyl (C=O) groups excluding carboxylic acids is 1. The minimum absolute atomic E-state index is 0.217. The van der Waals surface area contributed by atoms with E-state index in [1.165, 1.54) is 11.3 Å². The van der Waals surface area contributed by atoms with E-state index in [4.69, 9.17) is 17.3 Å². The number of hydrogen-bond acceptors (Lipinski definition) is 3. The fourth-order valence-corrected chi connectivity index (χ4v) is 2.30. The van der Waals surface area contributed by atoms with Crippen molar-refractivity contribution >= 4 is 40.2 Å². The summed E-state index contributed by atoms with van der Waals surface area (Å²) < 4.78 is 0. The maximum Gasteiger partial charge on any atom is 0.267 e. The smallest absolute Gasteiger partial charge is 0.267 e. The third kappa shape index (κ3) is 2.35. The SMILES string of the molecule is Nc1cccc(NC(=O)c2sccc2Cl)c1. The lowest BCUT2D eigenvalue weighted by molar-refractivity contribution is 0.103. The number of amides is 1. The van der Waals surface area contributed by atoms with Crippen LogP contribution in [-0.4, -0.2) is 5.91 Å². The Morgan fingerprint density at radius 1 is 1.38 bits per heavy atom. The maximum atomic E-state index is 11.8. The fourth-order valence-electron chi connectivity index (χ4n) is 1.26. The van der Waals surface area contributed by atoms with Crippen LogP contribution in [0.5, 0.6) is 0 Å². The molecule has 16 heavy (non-hydrogen) atoms. The first kappa shape index (κ1) is 11.0.